The Hall–Kier alpha value is -2.35. The Bertz CT molecular complexity index is 845. The third-order valence-corrected chi connectivity index (χ3v) is 5.82. The number of amides is 1. The highest BCUT2D eigenvalue weighted by molar-refractivity contribution is 7.92. The lowest BCUT2D eigenvalue weighted by atomic mass is 10.2. The van der Waals surface area contributed by atoms with Crippen molar-refractivity contribution in [3.63, 3.8) is 0 Å². The fourth-order valence-electron chi connectivity index (χ4n) is 2.76. The molecule has 24 heavy (non-hydrogen) atoms. The van der Waals surface area contributed by atoms with E-state index >= 15 is 0 Å². The van der Waals surface area contributed by atoms with E-state index in [9.17, 15) is 13.2 Å². The van der Waals surface area contributed by atoms with Gasteiger partial charge in [-0.15, -0.1) is 0 Å². The normalized spacial score (nSPS) is 13.8. The molecule has 0 unspecified atom stereocenters. The van der Waals surface area contributed by atoms with Crippen LogP contribution in [0.15, 0.2) is 36.7 Å². The van der Waals surface area contributed by atoms with Crippen LogP contribution in [0, 0.1) is 0 Å². The summed E-state index contributed by atoms with van der Waals surface area (Å²) >= 11 is 0. The number of para-hydroxylation sites is 1. The topological polar surface area (TPSA) is 84.3 Å². The summed E-state index contributed by atoms with van der Waals surface area (Å²) in [7, 11) is -3.45. The van der Waals surface area contributed by atoms with Crippen LogP contribution < -0.4 is 9.62 Å². The minimum absolute atomic E-state index is 0.0666. The fraction of sp³-hybridized carbons (Fsp3) is 0.375. The molecule has 0 bridgehead atoms. The van der Waals surface area contributed by atoms with Crippen LogP contribution in [-0.2, 0) is 23.0 Å². The molecule has 7 nitrogen and oxygen atoms in total. The first-order chi connectivity index (χ1) is 11.5. The Morgan fingerprint density at radius 3 is 2.88 bits per heavy atom. The number of rotatable bonds is 6. The number of benzene rings is 1. The molecule has 0 fully saturated rings. The number of hydrogen-bond donors (Lipinski definition) is 1. The van der Waals surface area contributed by atoms with Gasteiger partial charge in [-0.3, -0.25) is 13.8 Å². The number of hydrogen-bond acceptors (Lipinski definition) is 4. The van der Waals surface area contributed by atoms with Crippen LogP contribution in [0.2, 0.25) is 0 Å². The van der Waals surface area contributed by atoms with E-state index in [1.54, 1.807) is 10.9 Å². The van der Waals surface area contributed by atoms with E-state index < -0.39 is 10.0 Å². The zero-order chi connectivity index (χ0) is 17.2. The van der Waals surface area contributed by atoms with E-state index in [0.29, 0.717) is 18.7 Å². The molecule has 0 spiro atoms. The molecule has 2 aromatic rings. The summed E-state index contributed by atoms with van der Waals surface area (Å²) in [4.78, 5) is 12.0. The average molecular weight is 348 g/mol. The molecular formula is C16H20N4O3S. The predicted molar refractivity (Wildman–Crippen MR) is 91.5 cm³/mol. The molecule has 128 valence electrons. The van der Waals surface area contributed by atoms with Gasteiger partial charge in [0.15, 0.2) is 0 Å². The van der Waals surface area contributed by atoms with Crippen molar-refractivity contribution in [2.75, 3.05) is 23.1 Å². The number of sulfonamides is 1. The van der Waals surface area contributed by atoms with Gasteiger partial charge in [-0.05, 0) is 25.0 Å². The molecule has 3 rings (SSSR count). The zero-order valence-corrected chi connectivity index (χ0v) is 14.3. The van der Waals surface area contributed by atoms with Crippen molar-refractivity contribution in [1.82, 2.24) is 15.1 Å². The molecule has 1 amide bonds. The maximum atomic E-state index is 12.5. The first-order valence-corrected chi connectivity index (χ1v) is 9.51. The van der Waals surface area contributed by atoms with Crippen molar-refractivity contribution in [3.8, 4) is 0 Å². The third kappa shape index (κ3) is 3.28. The molecule has 2 heterocycles. The summed E-state index contributed by atoms with van der Waals surface area (Å²) in [5.41, 5.74) is 2.21. The van der Waals surface area contributed by atoms with Gasteiger partial charge in [0, 0.05) is 25.8 Å². The number of carbonyl (C=O) groups is 1. The Balaban J connectivity index is 1.59. The average Bonchev–Trinajstić information content (AvgIpc) is 3.21. The summed E-state index contributed by atoms with van der Waals surface area (Å²) in [6.07, 6.45) is 3.84. The van der Waals surface area contributed by atoms with Crippen molar-refractivity contribution >= 4 is 21.6 Å². The standard InChI is InChI=1S/C16H20N4O3S/c1-2-19-12-14(11-18-19)16(21)17-8-10-24(22,23)20-9-7-13-5-3-4-6-15(13)20/h3-6,11-12H,2,7-10H2,1H3,(H,17,21). The summed E-state index contributed by atoms with van der Waals surface area (Å²) in [5, 5.41) is 6.67. The monoisotopic (exact) mass is 348 g/mol. The molecule has 0 saturated carbocycles. The molecule has 0 aliphatic carbocycles. The smallest absolute Gasteiger partial charge is 0.254 e. The molecule has 1 aliphatic heterocycles. The van der Waals surface area contributed by atoms with Crippen molar-refractivity contribution in [2.24, 2.45) is 0 Å². The summed E-state index contributed by atoms with van der Waals surface area (Å²) in [6.45, 7) is 3.13. The Morgan fingerprint density at radius 2 is 2.12 bits per heavy atom. The molecule has 1 aromatic heterocycles. The SMILES string of the molecule is CCn1cc(C(=O)NCCS(=O)(=O)N2CCc3ccccc32)cn1. The summed E-state index contributed by atoms with van der Waals surface area (Å²) in [5.74, 6) is -0.443. The van der Waals surface area contributed by atoms with Gasteiger partial charge in [-0.1, -0.05) is 18.2 Å². The van der Waals surface area contributed by atoms with E-state index in [2.05, 4.69) is 10.4 Å². The number of aromatic nitrogens is 2. The van der Waals surface area contributed by atoms with Gasteiger partial charge in [0.2, 0.25) is 10.0 Å². The van der Waals surface area contributed by atoms with Crippen molar-refractivity contribution in [2.45, 2.75) is 19.9 Å². The van der Waals surface area contributed by atoms with Gasteiger partial charge in [-0.25, -0.2) is 8.42 Å². The molecule has 1 aliphatic rings. The lowest BCUT2D eigenvalue weighted by Gasteiger charge is -2.19. The van der Waals surface area contributed by atoms with Crippen LogP contribution in [0.1, 0.15) is 22.8 Å². The predicted octanol–water partition coefficient (Wildman–Crippen LogP) is 1.03. The molecule has 0 radical (unpaired) electrons. The van der Waals surface area contributed by atoms with Crippen LogP contribution in [0.3, 0.4) is 0 Å². The number of nitrogens with one attached hydrogen (secondary N) is 1. The molecular weight excluding hydrogens is 328 g/mol. The number of anilines is 1. The second-order valence-electron chi connectivity index (χ2n) is 5.61. The maximum Gasteiger partial charge on any atom is 0.254 e. The van der Waals surface area contributed by atoms with Gasteiger partial charge in [-0.2, -0.15) is 5.10 Å². The van der Waals surface area contributed by atoms with E-state index in [0.717, 1.165) is 17.7 Å². The number of carbonyl (C=O) groups excluding carboxylic acids is 1. The van der Waals surface area contributed by atoms with Gasteiger partial charge in [0.05, 0.1) is 23.2 Å². The van der Waals surface area contributed by atoms with Gasteiger partial charge in [0.1, 0.15) is 0 Å². The molecule has 8 heteroatoms. The Labute approximate surface area is 141 Å². The molecule has 0 saturated heterocycles. The fourth-order valence-corrected chi connectivity index (χ4v) is 4.18. The Kier molecular flexibility index (Phi) is 4.57. The highest BCUT2D eigenvalue weighted by Gasteiger charge is 2.28. The van der Waals surface area contributed by atoms with Crippen LogP contribution in [-0.4, -0.2) is 42.9 Å². The first kappa shape index (κ1) is 16.5. The number of fused-ring (bicyclic) bond motifs is 1. The van der Waals surface area contributed by atoms with E-state index in [1.807, 2.05) is 31.2 Å². The third-order valence-electron chi connectivity index (χ3n) is 4.05. The zero-order valence-electron chi connectivity index (χ0n) is 13.5. The largest absolute Gasteiger partial charge is 0.351 e. The van der Waals surface area contributed by atoms with Crippen LogP contribution >= 0.6 is 0 Å². The summed E-state index contributed by atoms with van der Waals surface area (Å²) < 4.78 is 28.1. The van der Waals surface area contributed by atoms with Gasteiger partial charge >= 0.3 is 0 Å². The van der Waals surface area contributed by atoms with Gasteiger partial charge in [0.25, 0.3) is 5.91 Å². The van der Waals surface area contributed by atoms with Crippen molar-refractivity contribution < 1.29 is 13.2 Å². The van der Waals surface area contributed by atoms with Crippen LogP contribution in [0.25, 0.3) is 0 Å². The molecule has 0 atom stereocenters. The lowest BCUT2D eigenvalue weighted by molar-refractivity contribution is 0.0956. The molecule has 1 N–H and O–H groups in total. The number of nitrogens with zero attached hydrogens (tertiary/aromatic N) is 3. The first-order valence-electron chi connectivity index (χ1n) is 7.90. The van der Waals surface area contributed by atoms with E-state index in [1.165, 1.54) is 10.5 Å². The second kappa shape index (κ2) is 6.64. The van der Waals surface area contributed by atoms with E-state index in [4.69, 9.17) is 0 Å². The molecule has 1 aromatic carbocycles. The second-order valence-corrected chi connectivity index (χ2v) is 7.62. The minimum atomic E-state index is -3.45. The van der Waals surface area contributed by atoms with Gasteiger partial charge < -0.3 is 5.32 Å². The number of aryl methyl sites for hydroxylation is 1. The highest BCUT2D eigenvalue weighted by atomic mass is 32.2. The van der Waals surface area contributed by atoms with Crippen molar-refractivity contribution in [3.05, 3.63) is 47.8 Å². The Morgan fingerprint density at radius 1 is 1.33 bits per heavy atom. The minimum Gasteiger partial charge on any atom is -0.351 e. The van der Waals surface area contributed by atoms with Crippen molar-refractivity contribution in [1.29, 1.82) is 0 Å². The maximum absolute atomic E-state index is 12.5. The quantitative estimate of drug-likeness (QED) is 0.845. The highest BCUT2D eigenvalue weighted by Crippen LogP contribution is 2.29. The lowest BCUT2D eigenvalue weighted by Crippen LogP contribution is -2.36. The summed E-state index contributed by atoms with van der Waals surface area (Å²) in [6, 6.07) is 7.50. The van der Waals surface area contributed by atoms with Crippen LogP contribution in [0.4, 0.5) is 5.69 Å². The van der Waals surface area contributed by atoms with Crippen LogP contribution in [0.5, 0.6) is 0 Å². The van der Waals surface area contributed by atoms with E-state index in [-0.39, 0.29) is 18.2 Å².